The number of carbonyl (C=O) groups excluding carboxylic acids is 4. The van der Waals surface area contributed by atoms with E-state index in [2.05, 4.69) is 0 Å². The quantitative estimate of drug-likeness (QED) is 0.332. The maximum Gasteiger partial charge on any atom is 0.270 e. The van der Waals surface area contributed by atoms with E-state index in [4.69, 9.17) is 8.83 Å². The van der Waals surface area contributed by atoms with Gasteiger partial charge in [-0.3, -0.25) is 19.2 Å². The van der Waals surface area contributed by atoms with Crippen molar-refractivity contribution in [2.75, 3.05) is 4.90 Å². The number of carbonyl (C=O) groups is 4. The fourth-order valence-electron chi connectivity index (χ4n) is 3.22. The summed E-state index contributed by atoms with van der Waals surface area (Å²) in [5.74, 6) is -0.0963. The third-order valence-electron chi connectivity index (χ3n) is 4.52. The fraction of sp³-hybridized carbons (Fsp3) is 0. The van der Waals surface area contributed by atoms with Gasteiger partial charge in [0.2, 0.25) is 0 Å². The second-order valence-electron chi connectivity index (χ2n) is 6.43. The molecule has 7 heteroatoms. The van der Waals surface area contributed by atoms with Crippen LogP contribution in [-0.4, -0.2) is 24.4 Å². The molecule has 0 bridgehead atoms. The van der Waals surface area contributed by atoms with Crippen molar-refractivity contribution in [2.24, 2.45) is 0 Å². The van der Waals surface area contributed by atoms with Crippen LogP contribution in [0.15, 0.2) is 75.6 Å². The second-order valence-corrected chi connectivity index (χ2v) is 6.43. The molecule has 2 aromatic heterocycles. The van der Waals surface area contributed by atoms with E-state index in [1.165, 1.54) is 24.3 Å². The van der Waals surface area contributed by atoms with E-state index in [0.29, 0.717) is 29.8 Å². The van der Waals surface area contributed by atoms with Crippen LogP contribution in [0.4, 0.5) is 5.69 Å². The average molecular weight is 413 g/mol. The first-order valence-corrected chi connectivity index (χ1v) is 9.26. The van der Waals surface area contributed by atoms with Crippen LogP contribution < -0.4 is 4.90 Å². The maximum absolute atomic E-state index is 13.3. The van der Waals surface area contributed by atoms with E-state index < -0.39 is 11.8 Å². The Labute approximate surface area is 176 Å². The number of aldehydes is 2. The Bertz CT molecular complexity index is 1180. The summed E-state index contributed by atoms with van der Waals surface area (Å²) in [5, 5.41) is 0. The van der Waals surface area contributed by atoms with Gasteiger partial charge in [0.1, 0.15) is 35.6 Å². The van der Waals surface area contributed by atoms with Gasteiger partial charge in [-0.2, -0.15) is 0 Å². The van der Waals surface area contributed by atoms with Crippen LogP contribution in [0.5, 0.6) is 0 Å². The normalized spacial score (nSPS) is 14.4. The van der Waals surface area contributed by atoms with Crippen LogP contribution in [0.2, 0.25) is 0 Å². The number of hydrogen-bond donors (Lipinski definition) is 0. The molecule has 1 aliphatic heterocycles. The number of amides is 2. The Hall–Kier alpha value is -4.52. The van der Waals surface area contributed by atoms with Gasteiger partial charge in [0.25, 0.3) is 11.8 Å². The highest BCUT2D eigenvalue weighted by atomic mass is 16.3. The lowest BCUT2D eigenvalue weighted by atomic mass is 10.1. The van der Waals surface area contributed by atoms with Crippen molar-refractivity contribution < 1.29 is 28.0 Å². The first-order valence-electron chi connectivity index (χ1n) is 9.26. The second kappa shape index (κ2) is 8.46. The molecule has 0 saturated carbocycles. The van der Waals surface area contributed by atoms with Gasteiger partial charge in [0.15, 0.2) is 0 Å². The molecule has 1 aromatic carbocycles. The van der Waals surface area contributed by atoms with E-state index >= 15 is 0 Å². The minimum atomic E-state index is -0.562. The number of anilines is 1. The Morgan fingerprint density at radius 2 is 1.13 bits per heavy atom. The van der Waals surface area contributed by atoms with Crippen molar-refractivity contribution in [3.05, 3.63) is 89.8 Å². The minimum Gasteiger partial charge on any atom is -0.457 e. The van der Waals surface area contributed by atoms with Crippen molar-refractivity contribution in [1.29, 1.82) is 0 Å². The molecule has 0 N–H and O–H groups in total. The van der Waals surface area contributed by atoms with Crippen LogP contribution in [0, 0.1) is 0 Å². The summed E-state index contributed by atoms with van der Waals surface area (Å²) >= 11 is 0. The Balaban J connectivity index is 1.85. The Morgan fingerprint density at radius 1 is 0.645 bits per heavy atom. The molecule has 0 saturated heterocycles. The lowest BCUT2D eigenvalue weighted by Crippen LogP contribution is -2.31. The number of imide groups is 1. The molecule has 4 rings (SSSR count). The summed E-state index contributed by atoms with van der Waals surface area (Å²) in [6.07, 6.45) is 6.61. The van der Waals surface area contributed by atoms with Crippen LogP contribution in [-0.2, 0) is 19.2 Å². The van der Waals surface area contributed by atoms with E-state index in [0.717, 1.165) is 4.90 Å². The van der Waals surface area contributed by atoms with Crippen LogP contribution in [0.25, 0.3) is 23.3 Å². The maximum atomic E-state index is 13.3. The molecule has 0 fully saturated rings. The lowest BCUT2D eigenvalue weighted by molar-refractivity contribution is -0.119. The fourth-order valence-corrected chi connectivity index (χ4v) is 3.22. The molecule has 1 aliphatic rings. The Morgan fingerprint density at radius 3 is 1.58 bits per heavy atom. The highest BCUT2D eigenvalue weighted by molar-refractivity contribution is 6.56. The summed E-state index contributed by atoms with van der Waals surface area (Å²) < 4.78 is 11.4. The van der Waals surface area contributed by atoms with Crippen molar-refractivity contribution in [3.63, 3.8) is 0 Å². The summed E-state index contributed by atoms with van der Waals surface area (Å²) in [7, 11) is 0. The van der Waals surface area contributed by atoms with E-state index in [1.807, 2.05) is 0 Å². The number of para-hydroxylation sites is 1. The standard InChI is InChI=1S/C24H15NO6/c26-14-4-8-17-10-12-19(30-17)21-22(20-13-11-18(31-20)9-5-15-27)24(29)25(23(21)28)16-6-2-1-3-7-16/h1-15H/b8-4+,9-5+. The zero-order chi connectivity index (χ0) is 21.8. The summed E-state index contributed by atoms with van der Waals surface area (Å²) in [6.45, 7) is 0. The molecular formula is C24H15NO6. The first kappa shape index (κ1) is 19.8. The summed E-state index contributed by atoms with van der Waals surface area (Å²) in [6, 6.07) is 14.8. The van der Waals surface area contributed by atoms with Crippen LogP contribution >= 0.6 is 0 Å². The summed E-state index contributed by atoms with van der Waals surface area (Å²) in [5.41, 5.74) is 0.491. The SMILES string of the molecule is O=C/C=C/c1ccc(C2=C(c3ccc(/C=C/C=O)o3)C(=O)N(c3ccccc3)C2=O)o1. The van der Waals surface area contributed by atoms with Crippen LogP contribution in [0.3, 0.4) is 0 Å². The lowest BCUT2D eigenvalue weighted by Gasteiger charge is -2.14. The van der Waals surface area contributed by atoms with E-state index in [-0.39, 0.29) is 22.7 Å². The Kier molecular flexibility index (Phi) is 5.40. The van der Waals surface area contributed by atoms with Gasteiger partial charge >= 0.3 is 0 Å². The van der Waals surface area contributed by atoms with Gasteiger partial charge in [0.05, 0.1) is 16.8 Å². The average Bonchev–Trinajstić information content (AvgIpc) is 3.49. The number of allylic oxidation sites excluding steroid dienone is 2. The van der Waals surface area contributed by atoms with Crippen molar-refractivity contribution in [1.82, 2.24) is 0 Å². The molecule has 0 unspecified atom stereocenters. The van der Waals surface area contributed by atoms with Gasteiger partial charge in [-0.1, -0.05) is 18.2 Å². The highest BCUT2D eigenvalue weighted by Crippen LogP contribution is 2.39. The van der Waals surface area contributed by atoms with Crippen molar-refractivity contribution in [3.8, 4) is 0 Å². The van der Waals surface area contributed by atoms with Crippen molar-refractivity contribution in [2.45, 2.75) is 0 Å². The topological polar surface area (TPSA) is 97.8 Å². The van der Waals surface area contributed by atoms with Gasteiger partial charge in [-0.05, 0) is 60.7 Å². The van der Waals surface area contributed by atoms with Gasteiger partial charge in [0, 0.05) is 0 Å². The predicted molar refractivity (Wildman–Crippen MR) is 113 cm³/mol. The zero-order valence-electron chi connectivity index (χ0n) is 16.1. The third-order valence-corrected chi connectivity index (χ3v) is 4.52. The zero-order valence-corrected chi connectivity index (χ0v) is 16.1. The molecule has 7 nitrogen and oxygen atoms in total. The molecule has 152 valence electrons. The number of benzene rings is 1. The molecule has 0 atom stereocenters. The van der Waals surface area contributed by atoms with Gasteiger partial charge < -0.3 is 8.83 Å². The number of rotatable bonds is 7. The molecule has 3 aromatic rings. The smallest absolute Gasteiger partial charge is 0.270 e. The molecule has 2 amide bonds. The number of furan rings is 2. The molecule has 0 aliphatic carbocycles. The van der Waals surface area contributed by atoms with Crippen LogP contribution in [0.1, 0.15) is 23.0 Å². The molecule has 0 spiro atoms. The summed E-state index contributed by atoms with van der Waals surface area (Å²) in [4.78, 5) is 48.8. The molecule has 31 heavy (non-hydrogen) atoms. The predicted octanol–water partition coefficient (Wildman–Crippen LogP) is 3.78. The van der Waals surface area contributed by atoms with E-state index in [1.54, 1.807) is 54.6 Å². The molecule has 3 heterocycles. The molecular weight excluding hydrogens is 398 g/mol. The third kappa shape index (κ3) is 3.72. The largest absolute Gasteiger partial charge is 0.457 e. The van der Waals surface area contributed by atoms with E-state index in [9.17, 15) is 19.2 Å². The monoisotopic (exact) mass is 413 g/mol. The minimum absolute atomic E-state index is 0.0415. The van der Waals surface area contributed by atoms with Gasteiger partial charge in [-0.15, -0.1) is 0 Å². The number of nitrogens with zero attached hydrogens (tertiary/aromatic N) is 1. The van der Waals surface area contributed by atoms with Gasteiger partial charge in [-0.25, -0.2) is 4.90 Å². The first-order chi connectivity index (χ1) is 15.1. The number of hydrogen-bond acceptors (Lipinski definition) is 6. The highest BCUT2D eigenvalue weighted by Gasteiger charge is 2.43. The molecule has 0 radical (unpaired) electrons. The van der Waals surface area contributed by atoms with Crippen molar-refractivity contribution >= 4 is 53.4 Å².